The number of fused-ring (bicyclic) bond motifs is 1. The van der Waals surface area contributed by atoms with Crippen LogP contribution in [0.1, 0.15) is 13.3 Å². The number of hydrogen-bond acceptors (Lipinski definition) is 4. The fourth-order valence-corrected chi connectivity index (χ4v) is 3.56. The Labute approximate surface area is 118 Å². The van der Waals surface area contributed by atoms with Crippen LogP contribution in [0.5, 0.6) is 0 Å². The van der Waals surface area contributed by atoms with Crippen LogP contribution in [0.3, 0.4) is 0 Å². The summed E-state index contributed by atoms with van der Waals surface area (Å²) in [5, 5.41) is 3.78. The molecule has 3 rings (SSSR count). The number of sulfonamides is 1. The molecule has 2 N–H and O–H groups in total. The van der Waals surface area contributed by atoms with Crippen LogP contribution in [0, 0.1) is 5.92 Å². The summed E-state index contributed by atoms with van der Waals surface area (Å²) >= 11 is 0. The molecule has 5 nitrogen and oxygen atoms in total. The Morgan fingerprint density at radius 1 is 1.25 bits per heavy atom. The zero-order chi connectivity index (χ0) is 14.3. The number of nitrogens with one attached hydrogen (secondary N) is 2. The molecule has 0 radical (unpaired) electrons. The van der Waals surface area contributed by atoms with Crippen molar-refractivity contribution >= 4 is 26.7 Å². The molecule has 2 atom stereocenters. The fourth-order valence-electron chi connectivity index (χ4n) is 2.16. The number of benzene rings is 1. The van der Waals surface area contributed by atoms with Gasteiger partial charge in [-0.15, -0.1) is 0 Å². The summed E-state index contributed by atoms with van der Waals surface area (Å²) in [5.41, 5.74) is 0.774. The van der Waals surface area contributed by atoms with Gasteiger partial charge in [-0.3, -0.25) is 0 Å². The van der Waals surface area contributed by atoms with E-state index in [1.807, 2.05) is 19.1 Å². The van der Waals surface area contributed by atoms with Crippen molar-refractivity contribution in [1.29, 1.82) is 0 Å². The van der Waals surface area contributed by atoms with Gasteiger partial charge in [0.1, 0.15) is 5.82 Å². The summed E-state index contributed by atoms with van der Waals surface area (Å²) in [6.07, 6.45) is 0.917. The van der Waals surface area contributed by atoms with E-state index < -0.39 is 10.0 Å². The van der Waals surface area contributed by atoms with Crippen LogP contribution in [0.15, 0.2) is 35.2 Å². The summed E-state index contributed by atoms with van der Waals surface area (Å²) in [6.45, 7) is 2.04. The van der Waals surface area contributed by atoms with Crippen molar-refractivity contribution in [3.8, 4) is 0 Å². The van der Waals surface area contributed by atoms with Gasteiger partial charge in [0.2, 0.25) is 10.0 Å². The minimum Gasteiger partial charge on any atom is -0.373 e. The summed E-state index contributed by atoms with van der Waals surface area (Å²) in [5.74, 6) is 1.20. The lowest BCUT2D eigenvalue weighted by Gasteiger charge is -2.07. The monoisotopic (exact) mass is 291 g/mol. The van der Waals surface area contributed by atoms with Gasteiger partial charge < -0.3 is 5.32 Å². The summed E-state index contributed by atoms with van der Waals surface area (Å²) in [6, 6.07) is 8.78. The average Bonchev–Trinajstić information content (AvgIpc) is 3.11. The minimum atomic E-state index is -3.43. The number of anilines is 1. The summed E-state index contributed by atoms with van der Waals surface area (Å²) in [7, 11) is -1.63. The molecule has 2 unspecified atom stereocenters. The third kappa shape index (κ3) is 2.48. The molecule has 1 heterocycles. The molecular weight excluding hydrogens is 274 g/mol. The SMILES string of the molecule is CNc1ccc2cc(S(=O)(=O)NC3CC3C)ccc2n1. The zero-order valence-corrected chi connectivity index (χ0v) is 12.2. The first-order valence-corrected chi connectivity index (χ1v) is 8.09. The lowest BCUT2D eigenvalue weighted by atomic mass is 10.2. The molecule has 20 heavy (non-hydrogen) atoms. The molecule has 1 aliphatic rings. The van der Waals surface area contributed by atoms with E-state index in [-0.39, 0.29) is 6.04 Å². The van der Waals surface area contributed by atoms with Crippen LogP contribution in [0.4, 0.5) is 5.82 Å². The van der Waals surface area contributed by atoms with Crippen molar-refractivity contribution in [2.45, 2.75) is 24.3 Å². The fraction of sp³-hybridized carbons (Fsp3) is 0.357. The Balaban J connectivity index is 1.96. The van der Waals surface area contributed by atoms with E-state index in [1.54, 1.807) is 25.2 Å². The Morgan fingerprint density at radius 2 is 2.00 bits per heavy atom. The molecule has 1 aliphatic carbocycles. The van der Waals surface area contributed by atoms with Crippen LogP contribution in [0.25, 0.3) is 10.9 Å². The predicted molar refractivity (Wildman–Crippen MR) is 79.2 cm³/mol. The molecule has 1 fully saturated rings. The van der Waals surface area contributed by atoms with Crippen molar-refractivity contribution < 1.29 is 8.42 Å². The predicted octanol–water partition coefficient (Wildman–Crippen LogP) is 1.96. The second kappa shape index (κ2) is 4.71. The highest BCUT2D eigenvalue weighted by molar-refractivity contribution is 7.89. The standard InChI is InChI=1S/C14H17N3O2S/c1-9-7-13(9)17-20(18,19)11-4-5-12-10(8-11)3-6-14(15-2)16-12/h3-6,8-9,13,17H,7H2,1-2H3,(H,15,16). The zero-order valence-electron chi connectivity index (χ0n) is 11.4. The first kappa shape index (κ1) is 13.3. The van der Waals surface area contributed by atoms with Crippen LogP contribution >= 0.6 is 0 Å². The van der Waals surface area contributed by atoms with Crippen molar-refractivity contribution in [3.63, 3.8) is 0 Å². The third-order valence-electron chi connectivity index (χ3n) is 3.64. The van der Waals surface area contributed by atoms with Crippen molar-refractivity contribution in [2.75, 3.05) is 12.4 Å². The van der Waals surface area contributed by atoms with E-state index in [0.29, 0.717) is 10.8 Å². The minimum absolute atomic E-state index is 0.0838. The summed E-state index contributed by atoms with van der Waals surface area (Å²) in [4.78, 5) is 4.67. The molecule has 0 bridgehead atoms. The van der Waals surface area contributed by atoms with E-state index in [9.17, 15) is 8.42 Å². The number of nitrogens with zero attached hydrogens (tertiary/aromatic N) is 1. The average molecular weight is 291 g/mol. The van der Waals surface area contributed by atoms with Gasteiger partial charge in [-0.05, 0) is 42.7 Å². The first-order chi connectivity index (χ1) is 9.49. The topological polar surface area (TPSA) is 71.1 Å². The van der Waals surface area contributed by atoms with Crippen molar-refractivity contribution in [1.82, 2.24) is 9.71 Å². The van der Waals surface area contributed by atoms with Gasteiger partial charge >= 0.3 is 0 Å². The highest BCUT2D eigenvalue weighted by Crippen LogP contribution is 2.31. The van der Waals surface area contributed by atoms with Crippen LogP contribution in [0.2, 0.25) is 0 Å². The van der Waals surface area contributed by atoms with Gasteiger partial charge in [0.15, 0.2) is 0 Å². The van der Waals surface area contributed by atoms with Crippen molar-refractivity contribution in [3.05, 3.63) is 30.3 Å². The number of pyridine rings is 1. The maximum atomic E-state index is 12.3. The van der Waals surface area contributed by atoms with Gasteiger partial charge in [0, 0.05) is 18.5 Å². The second-order valence-corrected chi connectivity index (χ2v) is 6.96. The molecule has 106 valence electrons. The lowest BCUT2D eigenvalue weighted by molar-refractivity contribution is 0.578. The maximum Gasteiger partial charge on any atom is 0.240 e. The molecule has 2 aromatic rings. The Bertz CT molecular complexity index is 758. The Kier molecular flexibility index (Phi) is 3.14. The van der Waals surface area contributed by atoms with E-state index in [0.717, 1.165) is 23.1 Å². The Morgan fingerprint density at radius 3 is 2.65 bits per heavy atom. The molecule has 0 aliphatic heterocycles. The molecule has 0 spiro atoms. The van der Waals surface area contributed by atoms with Crippen LogP contribution in [-0.4, -0.2) is 26.5 Å². The highest BCUT2D eigenvalue weighted by atomic mass is 32.2. The van der Waals surface area contributed by atoms with Gasteiger partial charge in [-0.1, -0.05) is 6.92 Å². The third-order valence-corrected chi connectivity index (χ3v) is 5.13. The van der Waals surface area contributed by atoms with Gasteiger partial charge in [0.05, 0.1) is 10.4 Å². The molecule has 1 saturated carbocycles. The Hall–Kier alpha value is -1.66. The number of hydrogen-bond donors (Lipinski definition) is 2. The van der Waals surface area contributed by atoms with Gasteiger partial charge in [-0.25, -0.2) is 18.1 Å². The molecule has 6 heteroatoms. The largest absolute Gasteiger partial charge is 0.373 e. The molecule has 0 saturated heterocycles. The van der Waals surface area contributed by atoms with E-state index in [4.69, 9.17) is 0 Å². The lowest BCUT2D eigenvalue weighted by Crippen LogP contribution is -2.26. The van der Waals surface area contributed by atoms with Crippen LogP contribution in [-0.2, 0) is 10.0 Å². The molecule has 1 aromatic heterocycles. The molecular formula is C14H17N3O2S. The van der Waals surface area contributed by atoms with Gasteiger partial charge in [0.25, 0.3) is 0 Å². The van der Waals surface area contributed by atoms with Crippen LogP contribution < -0.4 is 10.0 Å². The van der Waals surface area contributed by atoms with Crippen molar-refractivity contribution in [2.24, 2.45) is 5.92 Å². The second-order valence-electron chi connectivity index (χ2n) is 5.24. The quantitative estimate of drug-likeness (QED) is 0.903. The van der Waals surface area contributed by atoms with Gasteiger partial charge in [-0.2, -0.15) is 0 Å². The number of aromatic nitrogens is 1. The highest BCUT2D eigenvalue weighted by Gasteiger charge is 2.36. The maximum absolute atomic E-state index is 12.3. The van der Waals surface area contributed by atoms with E-state index >= 15 is 0 Å². The molecule has 1 aromatic carbocycles. The smallest absolute Gasteiger partial charge is 0.240 e. The first-order valence-electron chi connectivity index (χ1n) is 6.60. The van der Waals surface area contributed by atoms with E-state index in [2.05, 4.69) is 15.0 Å². The summed E-state index contributed by atoms with van der Waals surface area (Å²) < 4.78 is 27.2. The molecule has 0 amide bonds. The number of rotatable bonds is 4. The normalized spacial score (nSPS) is 21.9. The van der Waals surface area contributed by atoms with E-state index in [1.165, 1.54) is 0 Å².